The van der Waals surface area contributed by atoms with Gasteiger partial charge in [0.2, 0.25) is 0 Å². The lowest BCUT2D eigenvalue weighted by molar-refractivity contribution is 0.0527. The molecule has 0 aromatic carbocycles. The molecule has 0 fully saturated rings. The molecular weight excluding hydrogens is 258 g/mol. The zero-order valence-corrected chi connectivity index (χ0v) is 11.5. The fourth-order valence-corrected chi connectivity index (χ4v) is 1.73. The van der Waals surface area contributed by atoms with E-state index in [1.807, 2.05) is 19.3 Å². The summed E-state index contributed by atoms with van der Waals surface area (Å²) in [7, 11) is 1.84. The SMILES string of the molecule is CCOC(=O)c1ccnc(NCc2ccn(C)n2)c1N. The Bertz CT molecular complexity index is 609. The van der Waals surface area contributed by atoms with E-state index in [-0.39, 0.29) is 5.69 Å². The number of ether oxygens (including phenoxy) is 1. The molecule has 2 aromatic heterocycles. The normalized spacial score (nSPS) is 10.3. The van der Waals surface area contributed by atoms with Crippen LogP contribution in [0.4, 0.5) is 11.5 Å². The molecule has 0 aliphatic rings. The van der Waals surface area contributed by atoms with Crippen molar-refractivity contribution in [2.75, 3.05) is 17.7 Å². The van der Waals surface area contributed by atoms with Crippen LogP contribution in [0.25, 0.3) is 0 Å². The second-order valence-electron chi connectivity index (χ2n) is 4.18. The maximum atomic E-state index is 11.7. The molecule has 2 rings (SSSR count). The molecule has 2 heterocycles. The fourth-order valence-electron chi connectivity index (χ4n) is 1.73. The highest BCUT2D eigenvalue weighted by molar-refractivity contribution is 5.97. The van der Waals surface area contributed by atoms with Crippen molar-refractivity contribution in [3.05, 3.63) is 35.8 Å². The van der Waals surface area contributed by atoms with Gasteiger partial charge in [0, 0.05) is 19.4 Å². The summed E-state index contributed by atoms with van der Waals surface area (Å²) in [4.78, 5) is 15.8. The van der Waals surface area contributed by atoms with E-state index < -0.39 is 5.97 Å². The Hall–Kier alpha value is -2.57. The van der Waals surface area contributed by atoms with E-state index in [9.17, 15) is 4.79 Å². The van der Waals surface area contributed by atoms with Crippen molar-refractivity contribution in [2.24, 2.45) is 7.05 Å². The van der Waals surface area contributed by atoms with E-state index in [0.717, 1.165) is 5.69 Å². The minimum Gasteiger partial charge on any atom is -0.462 e. The quantitative estimate of drug-likeness (QED) is 0.796. The largest absolute Gasteiger partial charge is 0.462 e. The minimum atomic E-state index is -0.451. The lowest BCUT2D eigenvalue weighted by Gasteiger charge is -2.10. The maximum Gasteiger partial charge on any atom is 0.340 e. The summed E-state index contributed by atoms with van der Waals surface area (Å²) >= 11 is 0. The molecule has 20 heavy (non-hydrogen) atoms. The highest BCUT2D eigenvalue weighted by atomic mass is 16.5. The van der Waals surface area contributed by atoms with Gasteiger partial charge in [-0.05, 0) is 19.1 Å². The molecule has 0 saturated carbocycles. The first-order valence-electron chi connectivity index (χ1n) is 6.25. The Morgan fingerprint density at radius 1 is 1.50 bits per heavy atom. The number of pyridine rings is 1. The Balaban J connectivity index is 2.12. The molecule has 106 valence electrons. The fraction of sp³-hybridized carbons (Fsp3) is 0.308. The van der Waals surface area contributed by atoms with Gasteiger partial charge in [-0.3, -0.25) is 4.68 Å². The summed E-state index contributed by atoms with van der Waals surface area (Å²) in [6.45, 7) is 2.52. The molecule has 0 unspecified atom stereocenters. The summed E-state index contributed by atoms with van der Waals surface area (Å²) in [5.74, 6) is -0.00510. The van der Waals surface area contributed by atoms with Crippen LogP contribution in [0.15, 0.2) is 24.5 Å². The van der Waals surface area contributed by atoms with Gasteiger partial charge in [0.25, 0.3) is 0 Å². The van der Waals surface area contributed by atoms with Crippen LogP contribution in [0.2, 0.25) is 0 Å². The van der Waals surface area contributed by atoms with Gasteiger partial charge >= 0.3 is 5.97 Å². The van der Waals surface area contributed by atoms with Gasteiger partial charge in [-0.15, -0.1) is 0 Å². The molecule has 3 N–H and O–H groups in total. The molecule has 0 aliphatic carbocycles. The first-order valence-corrected chi connectivity index (χ1v) is 6.25. The number of hydrogen-bond donors (Lipinski definition) is 2. The summed E-state index contributed by atoms with van der Waals surface area (Å²) in [6, 6.07) is 3.43. The number of carbonyl (C=O) groups excluding carboxylic acids is 1. The zero-order chi connectivity index (χ0) is 14.5. The summed E-state index contributed by atoms with van der Waals surface area (Å²) in [5.41, 5.74) is 7.38. The van der Waals surface area contributed by atoms with E-state index >= 15 is 0 Å². The van der Waals surface area contributed by atoms with Gasteiger partial charge in [0.05, 0.1) is 30.1 Å². The number of carbonyl (C=O) groups is 1. The number of aromatic nitrogens is 3. The van der Waals surface area contributed by atoms with Crippen molar-refractivity contribution in [1.82, 2.24) is 14.8 Å². The Morgan fingerprint density at radius 3 is 2.95 bits per heavy atom. The number of nitrogens with one attached hydrogen (secondary N) is 1. The van der Waals surface area contributed by atoms with Crippen molar-refractivity contribution in [3.8, 4) is 0 Å². The third-order valence-electron chi connectivity index (χ3n) is 2.69. The van der Waals surface area contributed by atoms with Crippen molar-refractivity contribution in [2.45, 2.75) is 13.5 Å². The molecule has 0 amide bonds. The van der Waals surface area contributed by atoms with Crippen LogP contribution in [0.1, 0.15) is 23.0 Å². The van der Waals surface area contributed by atoms with Crippen molar-refractivity contribution >= 4 is 17.5 Å². The minimum absolute atomic E-state index is 0.280. The summed E-state index contributed by atoms with van der Waals surface area (Å²) in [5, 5.41) is 7.30. The predicted octanol–water partition coefficient (Wildman–Crippen LogP) is 1.19. The Morgan fingerprint density at radius 2 is 2.30 bits per heavy atom. The van der Waals surface area contributed by atoms with Crippen LogP contribution in [0.3, 0.4) is 0 Å². The maximum absolute atomic E-state index is 11.7. The van der Waals surface area contributed by atoms with Crippen molar-refractivity contribution in [3.63, 3.8) is 0 Å². The van der Waals surface area contributed by atoms with Gasteiger partial charge in [-0.2, -0.15) is 5.10 Å². The summed E-state index contributed by atoms with van der Waals surface area (Å²) < 4.78 is 6.65. The number of aryl methyl sites for hydroxylation is 1. The van der Waals surface area contributed by atoms with E-state index in [0.29, 0.717) is 24.5 Å². The Kier molecular flexibility index (Phi) is 4.19. The van der Waals surface area contributed by atoms with Crippen LogP contribution in [0.5, 0.6) is 0 Å². The third kappa shape index (κ3) is 3.05. The average Bonchev–Trinajstić information content (AvgIpc) is 2.83. The predicted molar refractivity (Wildman–Crippen MR) is 75.1 cm³/mol. The van der Waals surface area contributed by atoms with Crippen LogP contribution in [0, 0.1) is 0 Å². The highest BCUT2D eigenvalue weighted by Crippen LogP contribution is 2.21. The molecule has 0 aliphatic heterocycles. The Labute approximate surface area is 116 Å². The van der Waals surface area contributed by atoms with E-state index in [1.165, 1.54) is 6.20 Å². The van der Waals surface area contributed by atoms with E-state index in [4.69, 9.17) is 10.5 Å². The lowest BCUT2D eigenvalue weighted by atomic mass is 10.2. The van der Waals surface area contributed by atoms with E-state index in [2.05, 4.69) is 15.4 Å². The van der Waals surface area contributed by atoms with E-state index in [1.54, 1.807) is 17.7 Å². The van der Waals surface area contributed by atoms with Gasteiger partial charge in [0.1, 0.15) is 5.82 Å². The smallest absolute Gasteiger partial charge is 0.340 e. The molecular formula is C13H17N5O2. The average molecular weight is 275 g/mol. The van der Waals surface area contributed by atoms with Crippen molar-refractivity contribution in [1.29, 1.82) is 0 Å². The number of nitrogens with two attached hydrogens (primary N) is 1. The molecule has 0 radical (unpaired) electrons. The molecule has 7 heteroatoms. The molecule has 0 saturated heterocycles. The molecule has 7 nitrogen and oxygen atoms in total. The third-order valence-corrected chi connectivity index (χ3v) is 2.69. The second-order valence-corrected chi connectivity index (χ2v) is 4.18. The van der Waals surface area contributed by atoms with Crippen LogP contribution < -0.4 is 11.1 Å². The number of rotatable bonds is 5. The second kappa shape index (κ2) is 6.05. The number of nitrogen functional groups attached to an aromatic ring is 1. The van der Waals surface area contributed by atoms with Gasteiger partial charge in [-0.25, -0.2) is 9.78 Å². The zero-order valence-electron chi connectivity index (χ0n) is 11.5. The number of nitrogens with zero attached hydrogens (tertiary/aromatic N) is 3. The molecule has 0 spiro atoms. The number of esters is 1. The van der Waals surface area contributed by atoms with Crippen LogP contribution in [-0.4, -0.2) is 27.3 Å². The van der Waals surface area contributed by atoms with Crippen LogP contribution >= 0.6 is 0 Å². The molecule has 2 aromatic rings. The van der Waals surface area contributed by atoms with Gasteiger partial charge in [-0.1, -0.05) is 0 Å². The van der Waals surface area contributed by atoms with Gasteiger partial charge < -0.3 is 15.8 Å². The number of anilines is 2. The standard InChI is InChI=1S/C13H17N5O2/c1-3-20-13(19)10-4-6-15-12(11(10)14)16-8-9-5-7-18(2)17-9/h4-7H,3,8,14H2,1-2H3,(H,15,16). The molecule has 0 atom stereocenters. The summed E-state index contributed by atoms with van der Waals surface area (Å²) in [6.07, 6.45) is 3.37. The number of hydrogen-bond acceptors (Lipinski definition) is 6. The topological polar surface area (TPSA) is 95.1 Å². The lowest BCUT2D eigenvalue weighted by Crippen LogP contribution is -2.12. The highest BCUT2D eigenvalue weighted by Gasteiger charge is 2.14. The molecule has 0 bridgehead atoms. The van der Waals surface area contributed by atoms with Crippen molar-refractivity contribution < 1.29 is 9.53 Å². The van der Waals surface area contributed by atoms with Crippen LogP contribution in [-0.2, 0) is 18.3 Å². The first kappa shape index (κ1) is 13.9. The monoisotopic (exact) mass is 275 g/mol. The first-order chi connectivity index (χ1) is 9.61. The van der Waals surface area contributed by atoms with Gasteiger partial charge in [0.15, 0.2) is 0 Å².